The number of rotatable bonds is 3. The molecule has 7 heteroatoms. The van der Waals surface area contributed by atoms with Gasteiger partial charge in [0.25, 0.3) is 5.91 Å². The molecular formula is C28H29N3O4. The van der Waals surface area contributed by atoms with E-state index in [0.717, 1.165) is 35.9 Å². The first-order chi connectivity index (χ1) is 17.0. The van der Waals surface area contributed by atoms with Crippen molar-refractivity contribution in [2.45, 2.75) is 73.8 Å². The number of piperidine rings is 1. The van der Waals surface area contributed by atoms with Gasteiger partial charge in [0.05, 0.1) is 17.1 Å². The minimum absolute atomic E-state index is 0.0446. The fourth-order valence-corrected chi connectivity index (χ4v) is 8.01. The van der Waals surface area contributed by atoms with Gasteiger partial charge in [0, 0.05) is 28.6 Å². The van der Waals surface area contributed by atoms with Crippen LogP contribution in [0.1, 0.15) is 53.7 Å². The average molecular weight is 472 g/mol. The Kier molecular flexibility index (Phi) is 3.80. The van der Waals surface area contributed by atoms with Crippen molar-refractivity contribution in [2.75, 3.05) is 6.54 Å². The second-order valence-corrected chi connectivity index (χ2v) is 11.2. The molecule has 5 atom stereocenters. The number of fused-ring (bicyclic) bond motifs is 1. The molecule has 3 aromatic rings. The monoisotopic (exact) mass is 471 g/mol. The number of H-pyrrole nitrogens is 1. The lowest BCUT2D eigenvalue weighted by molar-refractivity contribution is -0.192. The number of amides is 1. The summed E-state index contributed by atoms with van der Waals surface area (Å²) in [5, 5.41) is 27.5. The fraction of sp³-hybridized carbons (Fsp3) is 0.464. The number of phenolic OH excluding ortho intramolecular Hbond substituents is 1. The highest BCUT2D eigenvalue weighted by Gasteiger charge is 2.73. The lowest BCUT2D eigenvalue weighted by Gasteiger charge is -2.64. The highest BCUT2D eigenvalue weighted by Crippen LogP contribution is 2.66. The zero-order valence-electron chi connectivity index (χ0n) is 19.5. The van der Waals surface area contributed by atoms with E-state index in [4.69, 9.17) is 4.74 Å². The molecule has 1 saturated heterocycles. The van der Waals surface area contributed by atoms with E-state index < -0.39 is 17.1 Å². The molecule has 2 aliphatic heterocycles. The number of carbonyl (C=O) groups is 1. The van der Waals surface area contributed by atoms with Gasteiger partial charge in [0.15, 0.2) is 11.5 Å². The minimum Gasteiger partial charge on any atom is -0.504 e. The maximum atomic E-state index is 13.4. The van der Waals surface area contributed by atoms with Crippen LogP contribution in [0, 0.1) is 0 Å². The van der Waals surface area contributed by atoms with Crippen LogP contribution < -0.4 is 10.1 Å². The van der Waals surface area contributed by atoms with Gasteiger partial charge in [-0.15, -0.1) is 0 Å². The highest BCUT2D eigenvalue weighted by molar-refractivity contribution is 5.98. The molecule has 1 unspecified atom stereocenters. The molecule has 2 saturated carbocycles. The molecule has 5 aliphatic rings. The standard InChI is InChI=1S/C28H29N3O4/c32-21-8-5-16-14-22-28(34)10-9-19(30-26(33)20-13-15-3-1-2-4-18(15)29-20)25-27(28,23(16)24(21)35-25)11-12-31(22)17-6-7-17/h1-5,8,13,17,19,22,25,29,32,34H,6-7,9-12,14H2,(H,30,33)/t19-,22-,25?,27+,28-/m1/s1. The first kappa shape index (κ1) is 20.2. The molecule has 7 nitrogen and oxygen atoms in total. The van der Waals surface area contributed by atoms with Crippen molar-refractivity contribution in [1.29, 1.82) is 0 Å². The number of aromatic amines is 1. The summed E-state index contributed by atoms with van der Waals surface area (Å²) in [6, 6.07) is 13.8. The smallest absolute Gasteiger partial charge is 0.268 e. The number of hydrogen-bond acceptors (Lipinski definition) is 5. The van der Waals surface area contributed by atoms with Crippen LogP contribution >= 0.6 is 0 Å². The molecule has 3 fully saturated rings. The predicted molar refractivity (Wildman–Crippen MR) is 130 cm³/mol. The van der Waals surface area contributed by atoms with E-state index in [0.29, 0.717) is 30.3 Å². The van der Waals surface area contributed by atoms with Crippen LogP contribution in [-0.2, 0) is 11.8 Å². The van der Waals surface area contributed by atoms with E-state index in [1.807, 2.05) is 36.4 Å². The van der Waals surface area contributed by atoms with Gasteiger partial charge in [-0.1, -0.05) is 24.3 Å². The summed E-state index contributed by atoms with van der Waals surface area (Å²) in [6.45, 7) is 0.911. The number of aromatic hydroxyl groups is 1. The Labute approximate surface area is 203 Å². The number of benzene rings is 2. The van der Waals surface area contributed by atoms with Crippen molar-refractivity contribution in [3.05, 3.63) is 59.3 Å². The van der Waals surface area contributed by atoms with Gasteiger partial charge >= 0.3 is 0 Å². The molecule has 2 aromatic carbocycles. The highest BCUT2D eigenvalue weighted by atomic mass is 16.5. The molecule has 3 heterocycles. The molecule has 1 amide bonds. The third-order valence-corrected chi connectivity index (χ3v) is 9.61. The molecular weight excluding hydrogens is 442 g/mol. The van der Waals surface area contributed by atoms with Crippen molar-refractivity contribution < 1.29 is 19.7 Å². The van der Waals surface area contributed by atoms with Crippen LogP contribution in [0.2, 0.25) is 0 Å². The number of ether oxygens (including phenoxy) is 1. The van der Waals surface area contributed by atoms with E-state index in [1.165, 1.54) is 18.4 Å². The minimum atomic E-state index is -0.938. The van der Waals surface area contributed by atoms with Crippen LogP contribution in [-0.4, -0.2) is 62.4 Å². The summed E-state index contributed by atoms with van der Waals surface area (Å²) in [7, 11) is 0. The van der Waals surface area contributed by atoms with Crippen molar-refractivity contribution in [1.82, 2.24) is 15.2 Å². The molecule has 3 aliphatic carbocycles. The van der Waals surface area contributed by atoms with Gasteiger partial charge in [-0.2, -0.15) is 0 Å². The van der Waals surface area contributed by atoms with Crippen LogP contribution in [0.25, 0.3) is 10.9 Å². The second-order valence-electron chi connectivity index (χ2n) is 11.2. The van der Waals surface area contributed by atoms with Gasteiger partial charge < -0.3 is 25.3 Å². The average Bonchev–Trinajstić information content (AvgIpc) is 3.48. The topological polar surface area (TPSA) is 97.8 Å². The number of aliphatic hydroxyl groups is 1. The van der Waals surface area contributed by atoms with Crippen LogP contribution in [0.15, 0.2) is 42.5 Å². The molecule has 1 aromatic heterocycles. The maximum Gasteiger partial charge on any atom is 0.268 e. The van der Waals surface area contributed by atoms with E-state index in [2.05, 4.69) is 15.2 Å². The van der Waals surface area contributed by atoms with E-state index >= 15 is 0 Å². The van der Waals surface area contributed by atoms with Gasteiger partial charge in [-0.05, 0) is 68.8 Å². The van der Waals surface area contributed by atoms with Gasteiger partial charge in [0.2, 0.25) is 0 Å². The first-order valence-electron chi connectivity index (χ1n) is 12.9. The van der Waals surface area contributed by atoms with E-state index in [1.54, 1.807) is 6.07 Å². The van der Waals surface area contributed by atoms with Crippen molar-refractivity contribution in [3.63, 3.8) is 0 Å². The second kappa shape index (κ2) is 6.59. The SMILES string of the molecule is O=C(N[C@@H]1CC[C@@]2(O)[C@H]3Cc4ccc(O)c5c4[C@@]2(CCN3C2CC2)C1O5)c1cc2ccccc2[nH]1. The first-order valence-corrected chi connectivity index (χ1v) is 12.9. The number of phenols is 1. The molecule has 8 rings (SSSR count). The summed E-state index contributed by atoms with van der Waals surface area (Å²) in [6.07, 6.45) is 4.78. The van der Waals surface area contributed by atoms with Gasteiger partial charge in [0.1, 0.15) is 11.8 Å². The Hall–Kier alpha value is -3.03. The number of likely N-dealkylation sites (tertiary alicyclic amines) is 1. The molecule has 2 bridgehead atoms. The van der Waals surface area contributed by atoms with Crippen molar-refractivity contribution >= 4 is 16.8 Å². The molecule has 0 radical (unpaired) electrons. The van der Waals surface area contributed by atoms with Gasteiger partial charge in [-0.25, -0.2) is 0 Å². The van der Waals surface area contributed by atoms with E-state index in [-0.39, 0.29) is 23.7 Å². The Morgan fingerprint density at radius 2 is 2.00 bits per heavy atom. The molecule has 4 N–H and O–H groups in total. The lowest BCUT2D eigenvalue weighted by atomic mass is 9.48. The third kappa shape index (κ3) is 2.45. The summed E-state index contributed by atoms with van der Waals surface area (Å²) in [4.78, 5) is 19.1. The Morgan fingerprint density at radius 3 is 2.83 bits per heavy atom. The Morgan fingerprint density at radius 1 is 1.14 bits per heavy atom. The number of hydrogen-bond donors (Lipinski definition) is 4. The summed E-state index contributed by atoms with van der Waals surface area (Å²) < 4.78 is 6.54. The lowest BCUT2D eigenvalue weighted by Crippen LogP contribution is -2.78. The normalized spacial score (nSPS) is 34.9. The largest absolute Gasteiger partial charge is 0.504 e. The number of carbonyl (C=O) groups excluding carboxylic acids is 1. The summed E-state index contributed by atoms with van der Waals surface area (Å²) >= 11 is 0. The van der Waals surface area contributed by atoms with Crippen LogP contribution in [0.5, 0.6) is 11.5 Å². The van der Waals surface area contributed by atoms with Crippen LogP contribution in [0.3, 0.4) is 0 Å². The third-order valence-electron chi connectivity index (χ3n) is 9.61. The summed E-state index contributed by atoms with van der Waals surface area (Å²) in [5.41, 5.74) is 2.04. The predicted octanol–water partition coefficient (Wildman–Crippen LogP) is 2.99. The van der Waals surface area contributed by atoms with Crippen molar-refractivity contribution in [2.24, 2.45) is 0 Å². The number of aromatic nitrogens is 1. The number of para-hydroxylation sites is 1. The maximum absolute atomic E-state index is 13.4. The van der Waals surface area contributed by atoms with Crippen molar-refractivity contribution in [3.8, 4) is 11.5 Å². The van der Waals surface area contributed by atoms with Crippen LogP contribution in [0.4, 0.5) is 0 Å². The van der Waals surface area contributed by atoms with Gasteiger partial charge in [-0.3, -0.25) is 9.69 Å². The number of nitrogens with zero attached hydrogens (tertiary/aromatic N) is 1. The number of nitrogens with one attached hydrogen (secondary N) is 2. The Balaban J connectivity index is 1.20. The zero-order chi connectivity index (χ0) is 23.5. The van der Waals surface area contributed by atoms with E-state index in [9.17, 15) is 15.0 Å². The molecule has 1 spiro atoms. The summed E-state index contributed by atoms with van der Waals surface area (Å²) in [5.74, 6) is 0.467. The molecule has 180 valence electrons. The quantitative estimate of drug-likeness (QED) is 0.471. The Bertz CT molecular complexity index is 1360. The molecule has 35 heavy (non-hydrogen) atoms. The fourth-order valence-electron chi connectivity index (χ4n) is 8.01. The zero-order valence-corrected chi connectivity index (χ0v) is 19.5.